The molecule has 0 radical (unpaired) electrons. The molecule has 0 spiro atoms. The summed E-state index contributed by atoms with van der Waals surface area (Å²) >= 11 is 6.33. The summed E-state index contributed by atoms with van der Waals surface area (Å²) in [6.45, 7) is 0. The summed E-state index contributed by atoms with van der Waals surface area (Å²) in [7, 11) is 16.5. The van der Waals surface area contributed by atoms with Gasteiger partial charge in [-0.25, -0.2) is 4.98 Å². The SMILES string of the molecule is CNc1ccco1.CNc1cccs1.CNc1ccno1.CNc1ccns1.CNc1ccoc1.CNc1ccsc1.CNc1ccsn1.CNc1cnco1.CNc1cnno1. The number of aromatic nitrogens is 6. The molecule has 24 heteroatoms. The Morgan fingerprint density at radius 2 is 1.33 bits per heavy atom. The quantitative estimate of drug-likeness (QED) is 0.0652. The number of hydrogen-bond acceptors (Lipinski definition) is 24. The third-order valence-electron chi connectivity index (χ3n) is 6.50. The average molecular weight is 944 g/mol. The normalized spacial score (nSPS) is 8.71. The van der Waals surface area contributed by atoms with E-state index in [1.54, 1.807) is 87.3 Å². The highest BCUT2D eigenvalue weighted by Gasteiger charge is 1.88. The van der Waals surface area contributed by atoms with Crippen molar-refractivity contribution in [1.82, 2.24) is 29.3 Å². The Labute approximate surface area is 383 Å². The predicted molar refractivity (Wildman–Crippen MR) is 264 cm³/mol. The van der Waals surface area contributed by atoms with Gasteiger partial charge in [0.15, 0.2) is 12.3 Å². The molecular weight excluding hydrogens is 887 g/mol. The number of thiophene rings is 2. The van der Waals surface area contributed by atoms with Crippen molar-refractivity contribution in [2.75, 3.05) is 111 Å². The van der Waals surface area contributed by atoms with E-state index in [1.165, 1.54) is 46.3 Å². The monoisotopic (exact) mass is 943 g/mol. The van der Waals surface area contributed by atoms with Crippen LogP contribution in [0.4, 0.5) is 50.7 Å². The van der Waals surface area contributed by atoms with E-state index < -0.39 is 0 Å². The number of oxazole rings is 1. The molecule has 0 amide bonds. The van der Waals surface area contributed by atoms with Gasteiger partial charge in [-0.05, 0) is 76.3 Å². The highest BCUT2D eigenvalue weighted by Crippen LogP contribution is 2.13. The topological polar surface area (TPSA) is 251 Å². The molecule has 0 fully saturated rings. The lowest BCUT2D eigenvalue weighted by atomic mass is 10.5. The largest absolute Gasteiger partial charge is 0.470 e. The summed E-state index contributed by atoms with van der Waals surface area (Å²) in [5.74, 6) is 3.73. The molecule has 342 valence electrons. The van der Waals surface area contributed by atoms with Crippen molar-refractivity contribution in [3.63, 3.8) is 0 Å². The second-order valence-corrected chi connectivity index (χ2v) is 13.7. The minimum absolute atomic E-state index is 0.583. The molecule has 9 aromatic heterocycles. The molecule has 0 aromatic carbocycles. The zero-order chi connectivity index (χ0) is 46.0. The van der Waals surface area contributed by atoms with Crippen LogP contribution >= 0.6 is 45.7 Å². The van der Waals surface area contributed by atoms with Crippen LogP contribution in [0.5, 0.6) is 0 Å². The first-order chi connectivity index (χ1) is 30.9. The minimum Gasteiger partial charge on any atom is -0.470 e. The van der Waals surface area contributed by atoms with Crippen molar-refractivity contribution < 1.29 is 22.3 Å². The van der Waals surface area contributed by atoms with E-state index in [0.29, 0.717) is 17.7 Å². The summed E-state index contributed by atoms with van der Waals surface area (Å²) in [5.41, 5.74) is 2.21. The summed E-state index contributed by atoms with van der Waals surface area (Å²) in [4.78, 5) is 3.66. The van der Waals surface area contributed by atoms with E-state index in [2.05, 4.69) is 91.5 Å². The number of nitrogens with zero attached hydrogens (tertiary/aromatic N) is 6. The summed E-state index contributed by atoms with van der Waals surface area (Å²) in [6, 6.07) is 17.3. The Hall–Kier alpha value is -7.02. The molecule has 0 atom stereocenters. The number of nitrogens with one attached hydrogen (secondary N) is 9. The van der Waals surface area contributed by atoms with Crippen LogP contribution in [0.2, 0.25) is 0 Å². The van der Waals surface area contributed by atoms with Gasteiger partial charge in [-0.2, -0.15) is 20.1 Å². The van der Waals surface area contributed by atoms with E-state index in [-0.39, 0.29) is 0 Å². The second-order valence-electron chi connectivity index (χ2n) is 10.5. The third-order valence-corrected chi connectivity index (χ3v) is 9.40. The van der Waals surface area contributed by atoms with Gasteiger partial charge in [-0.15, -0.1) is 16.4 Å². The summed E-state index contributed by atoms with van der Waals surface area (Å²) in [5, 5.41) is 46.4. The van der Waals surface area contributed by atoms with Crippen molar-refractivity contribution in [3.8, 4) is 0 Å². The molecule has 9 N–H and O–H groups in total. The Morgan fingerprint density at radius 3 is 1.62 bits per heavy atom. The molecule has 63 heavy (non-hydrogen) atoms. The zero-order valence-electron chi connectivity index (χ0n) is 36.5. The molecule has 0 aliphatic rings. The predicted octanol–water partition coefficient (Wildman–Crippen LogP) is 10.1. The Bertz CT molecular complexity index is 1610. The van der Waals surface area contributed by atoms with Gasteiger partial charge in [-0.3, -0.25) is 0 Å². The molecule has 0 saturated heterocycles. The number of hydrogen-bond donors (Lipinski definition) is 9. The molecule has 9 heterocycles. The molecule has 9 aromatic rings. The second kappa shape index (κ2) is 37.9. The van der Waals surface area contributed by atoms with E-state index in [9.17, 15) is 0 Å². The maximum Gasteiger partial charge on any atom is 0.245 e. The van der Waals surface area contributed by atoms with Crippen LogP contribution in [0.3, 0.4) is 0 Å². The average Bonchev–Trinajstić information content (AvgIpc) is 4.21. The van der Waals surface area contributed by atoms with E-state index in [4.69, 9.17) is 13.3 Å². The Morgan fingerprint density at radius 1 is 0.556 bits per heavy atom. The van der Waals surface area contributed by atoms with Crippen molar-refractivity contribution in [3.05, 3.63) is 126 Å². The van der Waals surface area contributed by atoms with Crippen molar-refractivity contribution >= 4 is 96.5 Å². The van der Waals surface area contributed by atoms with Gasteiger partial charge < -0.3 is 70.1 Å². The van der Waals surface area contributed by atoms with Crippen molar-refractivity contribution in [2.45, 2.75) is 0 Å². The van der Waals surface area contributed by atoms with Crippen LogP contribution in [-0.2, 0) is 0 Å². The molecule has 0 saturated carbocycles. The number of anilines is 9. The fourth-order valence-electron chi connectivity index (χ4n) is 3.30. The van der Waals surface area contributed by atoms with Gasteiger partial charge in [-0.1, -0.05) is 5.16 Å². The van der Waals surface area contributed by atoms with Gasteiger partial charge in [0.25, 0.3) is 0 Å². The fraction of sp³-hybridized carbons (Fsp3) is 0.231. The lowest BCUT2D eigenvalue weighted by molar-refractivity contribution is 0.405. The van der Waals surface area contributed by atoms with Crippen LogP contribution in [0.15, 0.2) is 148 Å². The smallest absolute Gasteiger partial charge is 0.245 e. The zero-order valence-corrected chi connectivity index (χ0v) is 39.7. The Kier molecular flexibility index (Phi) is 32.5. The number of furan rings is 2. The molecule has 9 rings (SSSR count). The van der Waals surface area contributed by atoms with Gasteiger partial charge in [0.1, 0.15) is 23.3 Å². The van der Waals surface area contributed by atoms with Crippen LogP contribution in [0, 0.1) is 0 Å². The van der Waals surface area contributed by atoms with Crippen LogP contribution in [0.25, 0.3) is 0 Å². The summed E-state index contributed by atoms with van der Waals surface area (Å²) in [6.07, 6.45) is 12.8. The van der Waals surface area contributed by atoms with Crippen molar-refractivity contribution in [1.29, 1.82) is 0 Å². The first-order valence-electron chi connectivity index (χ1n) is 18.5. The van der Waals surface area contributed by atoms with Gasteiger partial charge in [0.2, 0.25) is 17.7 Å². The van der Waals surface area contributed by atoms with Crippen LogP contribution < -0.4 is 47.9 Å². The standard InChI is InChI=1S/2C5H7NO.2C5H7NS.2C4H6N2O.2C4H6N2S.C3H5N3O/c1-6-5-2-3-7-4-5;1-6-5-3-2-4-7-5;1-6-5-2-3-7-4-5;1-6-5-3-2-4-7-5;1-5-4-2-6-3-7-4;1-5-4-2-3-6-7-4;1-5-4-2-3-7-6-4;1-5-4-2-3-6-7-4;1-4-3-2-5-6-7-3/h4*2-4,6H,1H3;2*2-3,5H,1H3;2-3H,1H3,(H,5,6);2-3,5H,1H3;2,4H,1H3. The minimum atomic E-state index is 0.583. The van der Waals surface area contributed by atoms with Crippen molar-refractivity contribution in [2.24, 2.45) is 0 Å². The maximum atomic E-state index is 4.87. The lowest BCUT2D eigenvalue weighted by Crippen LogP contribution is -1.84. The molecule has 0 unspecified atom stereocenters. The number of rotatable bonds is 9. The highest BCUT2D eigenvalue weighted by molar-refractivity contribution is 7.14. The van der Waals surface area contributed by atoms with E-state index in [0.717, 1.165) is 22.4 Å². The first kappa shape index (κ1) is 54.0. The van der Waals surface area contributed by atoms with Crippen LogP contribution in [0.1, 0.15) is 0 Å². The summed E-state index contributed by atoms with van der Waals surface area (Å²) < 4.78 is 31.3. The van der Waals surface area contributed by atoms with Gasteiger partial charge in [0, 0.05) is 103 Å². The highest BCUT2D eigenvalue weighted by atomic mass is 32.1. The molecular formula is C39H57N15O5S4. The van der Waals surface area contributed by atoms with Gasteiger partial charge >= 0.3 is 0 Å². The lowest BCUT2D eigenvalue weighted by Gasteiger charge is -1.86. The Balaban J connectivity index is 0.000000354. The third kappa shape index (κ3) is 28.2. The molecule has 20 nitrogen and oxygen atoms in total. The van der Waals surface area contributed by atoms with Gasteiger partial charge in [0.05, 0.1) is 35.6 Å². The van der Waals surface area contributed by atoms with E-state index >= 15 is 0 Å². The molecule has 0 bridgehead atoms. The molecule has 0 aliphatic carbocycles. The first-order valence-corrected chi connectivity index (χ1v) is 21.9. The molecule has 0 aliphatic heterocycles. The maximum absolute atomic E-state index is 4.87. The van der Waals surface area contributed by atoms with Crippen LogP contribution in [-0.4, -0.2) is 92.7 Å². The van der Waals surface area contributed by atoms with E-state index in [1.807, 2.05) is 107 Å². The fourth-order valence-corrected chi connectivity index (χ4v) is 5.49.